The third kappa shape index (κ3) is 5.32. The molecule has 0 saturated heterocycles. The Kier molecular flexibility index (Phi) is 6.82. The number of halogens is 1. The van der Waals surface area contributed by atoms with E-state index in [2.05, 4.69) is 20.8 Å². The number of unbranched alkanes of at least 4 members (excludes halogenated alkanes) is 2. The van der Waals surface area contributed by atoms with Crippen LogP contribution in [0.5, 0.6) is 0 Å². The molecule has 0 heterocycles. The van der Waals surface area contributed by atoms with E-state index >= 15 is 0 Å². The van der Waals surface area contributed by atoms with E-state index in [1.54, 1.807) is 7.11 Å². The molecule has 0 bridgehead atoms. The van der Waals surface area contributed by atoms with Crippen molar-refractivity contribution in [3.05, 3.63) is 0 Å². The first-order chi connectivity index (χ1) is 6.88. The van der Waals surface area contributed by atoms with Crippen molar-refractivity contribution in [2.75, 3.05) is 32.1 Å². The molecule has 84 valence electrons. The van der Waals surface area contributed by atoms with Gasteiger partial charge in [0, 0.05) is 25.0 Å². The first kappa shape index (κ1) is 12.5. The van der Waals surface area contributed by atoms with E-state index in [4.69, 9.17) is 4.74 Å². The third-order valence-corrected chi connectivity index (χ3v) is 3.29. The maximum absolute atomic E-state index is 5.13. The van der Waals surface area contributed by atoms with Gasteiger partial charge in [0.1, 0.15) is 0 Å². The van der Waals surface area contributed by atoms with Gasteiger partial charge in [-0.1, -0.05) is 22.4 Å². The Morgan fingerprint density at radius 2 is 2.00 bits per heavy atom. The smallest absolute Gasteiger partial charge is 0.0589 e. The standard InChI is InChI=1S/C11H22BrNO/c1-14-10-9-13(11-5-6-11)8-4-2-3-7-12/h11H,2-10H2,1H3. The van der Waals surface area contributed by atoms with Crippen LogP contribution in [0.3, 0.4) is 0 Å². The lowest BCUT2D eigenvalue weighted by Gasteiger charge is -2.21. The Labute approximate surface area is 96.1 Å². The maximum Gasteiger partial charge on any atom is 0.0589 e. The number of ether oxygens (including phenoxy) is 1. The van der Waals surface area contributed by atoms with Gasteiger partial charge in [-0.25, -0.2) is 0 Å². The van der Waals surface area contributed by atoms with Crippen LogP contribution >= 0.6 is 15.9 Å². The van der Waals surface area contributed by atoms with Gasteiger partial charge in [-0.05, 0) is 32.2 Å². The van der Waals surface area contributed by atoms with Crippen molar-refractivity contribution in [3.63, 3.8) is 0 Å². The molecular weight excluding hydrogens is 242 g/mol. The van der Waals surface area contributed by atoms with E-state index in [9.17, 15) is 0 Å². The number of hydrogen-bond donors (Lipinski definition) is 0. The lowest BCUT2D eigenvalue weighted by Crippen LogP contribution is -2.30. The van der Waals surface area contributed by atoms with Crippen molar-refractivity contribution in [1.29, 1.82) is 0 Å². The van der Waals surface area contributed by atoms with Crippen LogP contribution in [0.4, 0.5) is 0 Å². The Balaban J connectivity index is 2.02. The first-order valence-electron chi connectivity index (χ1n) is 5.67. The Morgan fingerprint density at radius 3 is 2.57 bits per heavy atom. The molecule has 0 spiro atoms. The highest BCUT2D eigenvalue weighted by molar-refractivity contribution is 9.09. The molecule has 0 unspecified atom stereocenters. The van der Waals surface area contributed by atoms with Crippen LogP contribution in [-0.2, 0) is 4.74 Å². The molecule has 0 aromatic heterocycles. The summed E-state index contributed by atoms with van der Waals surface area (Å²) >= 11 is 3.47. The fourth-order valence-electron chi connectivity index (χ4n) is 1.71. The minimum Gasteiger partial charge on any atom is -0.383 e. The van der Waals surface area contributed by atoms with Crippen LogP contribution in [-0.4, -0.2) is 43.1 Å². The highest BCUT2D eigenvalue weighted by Gasteiger charge is 2.27. The topological polar surface area (TPSA) is 12.5 Å². The van der Waals surface area contributed by atoms with E-state index in [-0.39, 0.29) is 0 Å². The Bertz CT molecular complexity index is 139. The van der Waals surface area contributed by atoms with E-state index in [1.165, 1.54) is 38.6 Å². The van der Waals surface area contributed by atoms with Crippen molar-refractivity contribution in [1.82, 2.24) is 4.90 Å². The molecule has 1 saturated carbocycles. The Hall–Kier alpha value is 0.400. The number of hydrogen-bond acceptors (Lipinski definition) is 2. The van der Waals surface area contributed by atoms with Crippen LogP contribution in [0.2, 0.25) is 0 Å². The molecule has 14 heavy (non-hydrogen) atoms. The van der Waals surface area contributed by atoms with Crippen molar-refractivity contribution >= 4 is 15.9 Å². The van der Waals surface area contributed by atoms with Crippen LogP contribution in [0.1, 0.15) is 32.1 Å². The summed E-state index contributed by atoms with van der Waals surface area (Å²) < 4.78 is 5.13. The zero-order chi connectivity index (χ0) is 10.2. The zero-order valence-electron chi connectivity index (χ0n) is 9.17. The molecule has 0 aromatic carbocycles. The van der Waals surface area contributed by atoms with Gasteiger partial charge >= 0.3 is 0 Å². The molecule has 0 N–H and O–H groups in total. The lowest BCUT2D eigenvalue weighted by molar-refractivity contribution is 0.142. The maximum atomic E-state index is 5.13. The molecule has 3 heteroatoms. The molecular formula is C11H22BrNO. The van der Waals surface area contributed by atoms with E-state index in [1.807, 2.05) is 0 Å². The number of alkyl halides is 1. The lowest BCUT2D eigenvalue weighted by atomic mass is 10.2. The van der Waals surface area contributed by atoms with Crippen LogP contribution in [0, 0.1) is 0 Å². The fourth-order valence-corrected chi connectivity index (χ4v) is 2.11. The summed E-state index contributed by atoms with van der Waals surface area (Å²) in [5, 5.41) is 1.15. The highest BCUT2D eigenvalue weighted by atomic mass is 79.9. The molecule has 0 radical (unpaired) electrons. The normalized spacial score (nSPS) is 16.5. The van der Waals surface area contributed by atoms with E-state index in [0.717, 1.165) is 24.5 Å². The van der Waals surface area contributed by atoms with Crippen molar-refractivity contribution in [2.24, 2.45) is 0 Å². The molecule has 1 aliphatic carbocycles. The van der Waals surface area contributed by atoms with E-state index in [0.29, 0.717) is 0 Å². The molecule has 0 atom stereocenters. The van der Waals surface area contributed by atoms with Gasteiger partial charge in [-0.3, -0.25) is 4.90 Å². The summed E-state index contributed by atoms with van der Waals surface area (Å²) in [5.41, 5.74) is 0. The molecule has 2 nitrogen and oxygen atoms in total. The predicted molar refractivity (Wildman–Crippen MR) is 64.1 cm³/mol. The quantitative estimate of drug-likeness (QED) is 0.469. The van der Waals surface area contributed by atoms with Gasteiger partial charge in [0.15, 0.2) is 0 Å². The second-order valence-corrected chi connectivity index (χ2v) is 4.80. The van der Waals surface area contributed by atoms with Crippen molar-refractivity contribution in [3.8, 4) is 0 Å². The molecule has 1 aliphatic rings. The van der Waals surface area contributed by atoms with Crippen molar-refractivity contribution in [2.45, 2.75) is 38.1 Å². The second-order valence-electron chi connectivity index (χ2n) is 4.01. The largest absolute Gasteiger partial charge is 0.383 e. The van der Waals surface area contributed by atoms with Gasteiger partial charge in [-0.15, -0.1) is 0 Å². The minimum atomic E-state index is 0.883. The number of rotatable bonds is 9. The molecule has 1 rings (SSSR count). The average Bonchev–Trinajstić information content (AvgIpc) is 3.00. The SMILES string of the molecule is COCCN(CCCCCBr)C1CC1. The minimum absolute atomic E-state index is 0.883. The average molecular weight is 264 g/mol. The molecule has 0 amide bonds. The highest BCUT2D eigenvalue weighted by Crippen LogP contribution is 2.26. The second kappa shape index (κ2) is 7.66. The predicted octanol–water partition coefficient (Wildman–Crippen LogP) is 2.66. The summed E-state index contributed by atoms with van der Waals surface area (Å²) in [6.45, 7) is 3.27. The van der Waals surface area contributed by atoms with Gasteiger partial charge < -0.3 is 4.74 Å². The number of methoxy groups -OCH3 is 1. The van der Waals surface area contributed by atoms with Crippen LogP contribution in [0.15, 0.2) is 0 Å². The summed E-state index contributed by atoms with van der Waals surface area (Å²) in [4.78, 5) is 2.59. The summed E-state index contributed by atoms with van der Waals surface area (Å²) in [6, 6.07) is 0.883. The third-order valence-electron chi connectivity index (χ3n) is 2.72. The fraction of sp³-hybridized carbons (Fsp3) is 1.00. The van der Waals surface area contributed by atoms with Crippen molar-refractivity contribution < 1.29 is 4.74 Å². The molecule has 0 aromatic rings. The van der Waals surface area contributed by atoms with E-state index < -0.39 is 0 Å². The summed E-state index contributed by atoms with van der Waals surface area (Å²) in [7, 11) is 1.79. The Morgan fingerprint density at radius 1 is 1.21 bits per heavy atom. The summed E-state index contributed by atoms with van der Waals surface area (Å²) in [5.74, 6) is 0. The van der Waals surface area contributed by atoms with Gasteiger partial charge in [0.05, 0.1) is 6.61 Å². The van der Waals surface area contributed by atoms with Gasteiger partial charge in [0.2, 0.25) is 0 Å². The zero-order valence-corrected chi connectivity index (χ0v) is 10.8. The van der Waals surface area contributed by atoms with Gasteiger partial charge in [-0.2, -0.15) is 0 Å². The summed E-state index contributed by atoms with van der Waals surface area (Å²) in [6.07, 6.45) is 6.81. The molecule has 1 fully saturated rings. The first-order valence-corrected chi connectivity index (χ1v) is 6.79. The monoisotopic (exact) mass is 263 g/mol. The van der Waals surface area contributed by atoms with Gasteiger partial charge in [0.25, 0.3) is 0 Å². The van der Waals surface area contributed by atoms with Crippen LogP contribution < -0.4 is 0 Å². The van der Waals surface area contributed by atoms with Crippen LogP contribution in [0.25, 0.3) is 0 Å². The number of nitrogens with zero attached hydrogens (tertiary/aromatic N) is 1. The molecule has 0 aliphatic heterocycles.